The number of para-hydroxylation sites is 1. The van der Waals surface area contributed by atoms with E-state index in [2.05, 4.69) is 31.3 Å². The molecule has 0 aliphatic heterocycles. The molecule has 0 aliphatic rings. The Morgan fingerprint density at radius 1 is 1.29 bits per heavy atom. The molecule has 3 nitrogen and oxygen atoms in total. The van der Waals surface area contributed by atoms with Crippen LogP contribution in [-0.2, 0) is 5.41 Å². The summed E-state index contributed by atoms with van der Waals surface area (Å²) in [7, 11) is 1.72. The van der Waals surface area contributed by atoms with Crippen molar-refractivity contribution in [1.29, 1.82) is 0 Å². The van der Waals surface area contributed by atoms with Gasteiger partial charge in [0.15, 0.2) is 0 Å². The van der Waals surface area contributed by atoms with E-state index in [1.54, 1.807) is 7.11 Å². The summed E-state index contributed by atoms with van der Waals surface area (Å²) in [6.45, 7) is 7.07. The Hall–Kier alpha value is -1.06. The lowest BCUT2D eigenvalue weighted by Gasteiger charge is -2.27. The van der Waals surface area contributed by atoms with Crippen LogP contribution in [0.2, 0.25) is 0 Å². The average molecular weight is 236 g/mol. The first-order chi connectivity index (χ1) is 8.11. The molecule has 0 unspecified atom stereocenters. The molecule has 1 aromatic carbocycles. The molecule has 0 fully saturated rings. The van der Waals surface area contributed by atoms with Gasteiger partial charge in [-0.2, -0.15) is 0 Å². The topological polar surface area (TPSA) is 47.3 Å². The highest BCUT2D eigenvalue weighted by Crippen LogP contribution is 2.30. The summed E-state index contributed by atoms with van der Waals surface area (Å²) in [4.78, 5) is 0. The molecule has 0 bridgehead atoms. The molecular formula is C14H24N2O. The van der Waals surface area contributed by atoms with Crippen molar-refractivity contribution in [1.82, 2.24) is 5.32 Å². The minimum atomic E-state index is 0.0567. The molecule has 0 saturated heterocycles. The summed E-state index contributed by atoms with van der Waals surface area (Å²) in [6, 6.07) is 8.19. The van der Waals surface area contributed by atoms with Gasteiger partial charge in [-0.25, -0.2) is 0 Å². The second-order valence-corrected chi connectivity index (χ2v) is 4.90. The fourth-order valence-corrected chi connectivity index (χ4v) is 1.93. The van der Waals surface area contributed by atoms with Gasteiger partial charge < -0.3 is 15.8 Å². The predicted molar refractivity (Wildman–Crippen MR) is 72.6 cm³/mol. The van der Waals surface area contributed by atoms with Gasteiger partial charge >= 0.3 is 0 Å². The molecule has 0 atom stereocenters. The van der Waals surface area contributed by atoms with E-state index in [-0.39, 0.29) is 5.41 Å². The Labute approximate surface area is 104 Å². The van der Waals surface area contributed by atoms with E-state index in [1.165, 1.54) is 5.56 Å². The summed E-state index contributed by atoms with van der Waals surface area (Å²) in [6.07, 6.45) is 1.02. The van der Waals surface area contributed by atoms with E-state index in [9.17, 15) is 0 Å². The Morgan fingerprint density at radius 2 is 2.00 bits per heavy atom. The van der Waals surface area contributed by atoms with Crippen LogP contribution in [-0.4, -0.2) is 26.7 Å². The van der Waals surface area contributed by atoms with Gasteiger partial charge in [-0.15, -0.1) is 0 Å². The standard InChI is InChI=1S/C14H24N2O/c1-14(2,11-16-10-6-9-15)12-7-4-5-8-13(12)17-3/h4-5,7-8,16H,6,9-11,15H2,1-3H3. The molecule has 1 rings (SSSR count). The van der Waals surface area contributed by atoms with Crippen molar-refractivity contribution in [3.63, 3.8) is 0 Å². The number of ether oxygens (including phenoxy) is 1. The van der Waals surface area contributed by atoms with E-state index in [0.717, 1.165) is 31.8 Å². The van der Waals surface area contributed by atoms with E-state index in [0.29, 0.717) is 0 Å². The maximum atomic E-state index is 5.48. The molecule has 0 aliphatic carbocycles. The average Bonchev–Trinajstić information content (AvgIpc) is 2.34. The number of rotatable bonds is 7. The zero-order chi connectivity index (χ0) is 12.7. The summed E-state index contributed by atoms with van der Waals surface area (Å²) < 4.78 is 5.41. The molecule has 0 heterocycles. The lowest BCUT2D eigenvalue weighted by Crippen LogP contribution is -2.34. The van der Waals surface area contributed by atoms with Gasteiger partial charge in [-0.1, -0.05) is 32.0 Å². The number of methoxy groups -OCH3 is 1. The van der Waals surface area contributed by atoms with Crippen LogP contribution < -0.4 is 15.8 Å². The minimum Gasteiger partial charge on any atom is -0.496 e. The quantitative estimate of drug-likeness (QED) is 0.711. The van der Waals surface area contributed by atoms with Gasteiger partial charge in [0.25, 0.3) is 0 Å². The minimum absolute atomic E-state index is 0.0567. The molecule has 0 spiro atoms. The van der Waals surface area contributed by atoms with Crippen LogP contribution in [0, 0.1) is 0 Å². The smallest absolute Gasteiger partial charge is 0.122 e. The van der Waals surface area contributed by atoms with Crippen LogP contribution in [0.15, 0.2) is 24.3 Å². The molecule has 1 aromatic rings. The van der Waals surface area contributed by atoms with E-state index >= 15 is 0 Å². The van der Waals surface area contributed by atoms with Crippen LogP contribution in [0.25, 0.3) is 0 Å². The SMILES string of the molecule is COc1ccccc1C(C)(C)CNCCCN. The summed E-state index contributed by atoms with van der Waals surface area (Å²) >= 11 is 0. The van der Waals surface area contributed by atoms with Crippen molar-refractivity contribution >= 4 is 0 Å². The third-order valence-electron chi connectivity index (χ3n) is 2.96. The second-order valence-electron chi connectivity index (χ2n) is 4.90. The molecule has 17 heavy (non-hydrogen) atoms. The van der Waals surface area contributed by atoms with Crippen molar-refractivity contribution < 1.29 is 4.74 Å². The van der Waals surface area contributed by atoms with Gasteiger partial charge in [-0.05, 0) is 25.6 Å². The maximum Gasteiger partial charge on any atom is 0.122 e. The largest absolute Gasteiger partial charge is 0.496 e. The lowest BCUT2D eigenvalue weighted by molar-refractivity contribution is 0.385. The third kappa shape index (κ3) is 4.02. The van der Waals surface area contributed by atoms with Crippen molar-refractivity contribution in [2.24, 2.45) is 5.73 Å². The van der Waals surface area contributed by atoms with Crippen LogP contribution in [0.4, 0.5) is 0 Å². The summed E-state index contributed by atoms with van der Waals surface area (Å²) in [5, 5.41) is 3.44. The number of nitrogens with two attached hydrogens (primary N) is 1. The van der Waals surface area contributed by atoms with Crippen LogP contribution >= 0.6 is 0 Å². The monoisotopic (exact) mass is 236 g/mol. The van der Waals surface area contributed by atoms with E-state index in [4.69, 9.17) is 10.5 Å². The lowest BCUT2D eigenvalue weighted by atomic mass is 9.84. The van der Waals surface area contributed by atoms with Gasteiger partial charge in [0, 0.05) is 17.5 Å². The van der Waals surface area contributed by atoms with E-state index in [1.807, 2.05) is 12.1 Å². The summed E-state index contributed by atoms with van der Waals surface area (Å²) in [5.74, 6) is 0.957. The summed E-state index contributed by atoms with van der Waals surface area (Å²) in [5.41, 5.74) is 6.77. The van der Waals surface area contributed by atoms with Gasteiger partial charge in [0.05, 0.1) is 7.11 Å². The molecule has 0 radical (unpaired) electrons. The zero-order valence-corrected chi connectivity index (χ0v) is 11.1. The van der Waals surface area contributed by atoms with E-state index < -0.39 is 0 Å². The van der Waals surface area contributed by atoms with Crippen molar-refractivity contribution in [3.8, 4) is 5.75 Å². The molecule has 0 amide bonds. The Morgan fingerprint density at radius 3 is 2.65 bits per heavy atom. The zero-order valence-electron chi connectivity index (χ0n) is 11.1. The molecule has 3 heteroatoms. The number of hydrogen-bond acceptors (Lipinski definition) is 3. The van der Waals surface area contributed by atoms with Crippen LogP contribution in [0.5, 0.6) is 5.75 Å². The van der Waals surface area contributed by atoms with Gasteiger partial charge in [0.2, 0.25) is 0 Å². The highest BCUT2D eigenvalue weighted by Gasteiger charge is 2.23. The number of nitrogens with one attached hydrogen (secondary N) is 1. The predicted octanol–water partition coefficient (Wildman–Crippen LogP) is 1.91. The third-order valence-corrected chi connectivity index (χ3v) is 2.96. The molecule has 0 aromatic heterocycles. The molecule has 0 saturated carbocycles. The first kappa shape index (κ1) is 14.0. The Bertz CT molecular complexity index is 337. The second kappa shape index (κ2) is 6.62. The first-order valence-corrected chi connectivity index (χ1v) is 6.16. The van der Waals surface area contributed by atoms with Crippen molar-refractivity contribution in [2.75, 3.05) is 26.7 Å². The molecule has 3 N–H and O–H groups in total. The number of hydrogen-bond donors (Lipinski definition) is 2. The first-order valence-electron chi connectivity index (χ1n) is 6.16. The number of benzene rings is 1. The van der Waals surface area contributed by atoms with Crippen molar-refractivity contribution in [3.05, 3.63) is 29.8 Å². The van der Waals surface area contributed by atoms with Crippen LogP contribution in [0.1, 0.15) is 25.8 Å². The van der Waals surface area contributed by atoms with Gasteiger partial charge in [-0.3, -0.25) is 0 Å². The maximum absolute atomic E-state index is 5.48. The van der Waals surface area contributed by atoms with Crippen LogP contribution in [0.3, 0.4) is 0 Å². The molecule has 96 valence electrons. The van der Waals surface area contributed by atoms with Crippen molar-refractivity contribution in [2.45, 2.75) is 25.7 Å². The highest BCUT2D eigenvalue weighted by molar-refractivity contribution is 5.39. The Kier molecular flexibility index (Phi) is 5.45. The molecular weight excluding hydrogens is 212 g/mol. The fraction of sp³-hybridized carbons (Fsp3) is 0.571. The Balaban J connectivity index is 2.67. The normalized spacial score (nSPS) is 11.5. The highest BCUT2D eigenvalue weighted by atomic mass is 16.5. The fourth-order valence-electron chi connectivity index (χ4n) is 1.93. The van der Waals surface area contributed by atoms with Gasteiger partial charge in [0.1, 0.15) is 5.75 Å².